The van der Waals surface area contributed by atoms with Crippen molar-refractivity contribution in [3.05, 3.63) is 35.4 Å². The number of esters is 2. The Hall–Kier alpha value is -2.50. The second-order valence-corrected chi connectivity index (χ2v) is 5.60. The molecule has 0 unspecified atom stereocenters. The topological polar surface area (TPSA) is 77.3 Å². The molecule has 6 heteroatoms. The van der Waals surface area contributed by atoms with Crippen LogP contribution in [-0.2, 0) is 14.3 Å². The molecule has 0 aliphatic rings. The van der Waals surface area contributed by atoms with Gasteiger partial charge in [-0.3, -0.25) is 14.8 Å². The molecule has 27 heavy (non-hydrogen) atoms. The largest absolute Gasteiger partial charge is 0.469 e. The van der Waals surface area contributed by atoms with E-state index in [1.54, 1.807) is 12.1 Å². The monoisotopic (exact) mass is 376 g/mol. The van der Waals surface area contributed by atoms with E-state index in [0.29, 0.717) is 25.1 Å². The highest BCUT2D eigenvalue weighted by atomic mass is 16.5. The van der Waals surface area contributed by atoms with Gasteiger partial charge >= 0.3 is 11.9 Å². The summed E-state index contributed by atoms with van der Waals surface area (Å²) in [6, 6.07) is 7.00. The minimum absolute atomic E-state index is 0.248. The van der Waals surface area contributed by atoms with Gasteiger partial charge in [-0.2, -0.15) is 0 Å². The molecule has 0 atom stereocenters. The van der Waals surface area contributed by atoms with Crippen molar-refractivity contribution in [3.63, 3.8) is 0 Å². The molecule has 0 N–H and O–H groups in total. The zero-order valence-electron chi connectivity index (χ0n) is 17.4. The lowest BCUT2D eigenvalue weighted by molar-refractivity contribution is -0.140. The van der Waals surface area contributed by atoms with E-state index in [0.717, 1.165) is 17.0 Å². The van der Waals surface area contributed by atoms with Gasteiger partial charge in [-0.25, -0.2) is 4.79 Å². The molecule has 0 radical (unpaired) electrons. The molecule has 0 spiro atoms. The van der Waals surface area contributed by atoms with Crippen LogP contribution < -0.4 is 0 Å². The first-order chi connectivity index (χ1) is 13.0. The summed E-state index contributed by atoms with van der Waals surface area (Å²) in [6.07, 6.45) is 1.95. The molecule has 0 heterocycles. The highest BCUT2D eigenvalue weighted by Crippen LogP contribution is 2.11. The quantitative estimate of drug-likeness (QED) is 0.505. The average Bonchev–Trinajstić information content (AvgIpc) is 2.69. The van der Waals surface area contributed by atoms with Crippen LogP contribution in [0.4, 0.5) is 0 Å². The SMILES string of the molecule is CCC.CCN=C(CCC(=O)OC)C(=NCC)c1ccc(C(=O)OC)cc1. The van der Waals surface area contributed by atoms with Gasteiger partial charge in [-0.1, -0.05) is 32.4 Å². The van der Waals surface area contributed by atoms with Crippen molar-refractivity contribution < 1.29 is 19.1 Å². The highest BCUT2D eigenvalue weighted by Gasteiger charge is 2.14. The summed E-state index contributed by atoms with van der Waals surface area (Å²) in [4.78, 5) is 32.0. The Kier molecular flexibility index (Phi) is 13.3. The van der Waals surface area contributed by atoms with Crippen LogP contribution in [0.1, 0.15) is 62.9 Å². The van der Waals surface area contributed by atoms with E-state index in [1.807, 2.05) is 26.0 Å². The van der Waals surface area contributed by atoms with Crippen LogP contribution in [0.2, 0.25) is 0 Å². The molecular weight excluding hydrogens is 344 g/mol. The molecule has 0 amide bonds. The van der Waals surface area contributed by atoms with Crippen LogP contribution >= 0.6 is 0 Å². The van der Waals surface area contributed by atoms with Crippen LogP contribution in [0.15, 0.2) is 34.3 Å². The van der Waals surface area contributed by atoms with Crippen LogP contribution in [0.25, 0.3) is 0 Å². The minimum atomic E-state index is -0.385. The van der Waals surface area contributed by atoms with Gasteiger partial charge in [0.25, 0.3) is 0 Å². The Labute approximate surface area is 162 Å². The van der Waals surface area contributed by atoms with Crippen LogP contribution in [0, 0.1) is 0 Å². The summed E-state index contributed by atoms with van der Waals surface area (Å²) in [7, 11) is 2.71. The molecule has 1 aromatic rings. The number of aliphatic imine (C=N–C) groups is 2. The van der Waals surface area contributed by atoms with E-state index in [9.17, 15) is 9.59 Å². The van der Waals surface area contributed by atoms with Crippen molar-refractivity contribution in [1.82, 2.24) is 0 Å². The van der Waals surface area contributed by atoms with Gasteiger partial charge in [0.2, 0.25) is 0 Å². The van der Waals surface area contributed by atoms with Crippen molar-refractivity contribution in [3.8, 4) is 0 Å². The van der Waals surface area contributed by atoms with Gasteiger partial charge in [-0.05, 0) is 26.0 Å². The van der Waals surface area contributed by atoms with E-state index in [1.165, 1.54) is 20.6 Å². The number of benzene rings is 1. The zero-order valence-corrected chi connectivity index (χ0v) is 17.4. The van der Waals surface area contributed by atoms with Gasteiger partial charge in [0.15, 0.2) is 0 Å². The first-order valence-electron chi connectivity index (χ1n) is 9.32. The summed E-state index contributed by atoms with van der Waals surface area (Å²) in [5.41, 5.74) is 2.82. The fraction of sp³-hybridized carbons (Fsp3) is 0.524. The maximum atomic E-state index is 11.5. The number of ether oxygens (including phenoxy) is 2. The molecule has 6 nitrogen and oxygen atoms in total. The van der Waals surface area contributed by atoms with Crippen molar-refractivity contribution in [1.29, 1.82) is 0 Å². The molecule has 0 aliphatic carbocycles. The smallest absolute Gasteiger partial charge is 0.337 e. The molecule has 0 saturated carbocycles. The third-order valence-corrected chi connectivity index (χ3v) is 3.31. The number of nitrogens with zero attached hydrogens (tertiary/aromatic N) is 2. The number of carbonyl (C=O) groups excluding carboxylic acids is 2. The number of methoxy groups -OCH3 is 2. The molecule has 0 saturated heterocycles. The Balaban J connectivity index is 0.00000210. The molecule has 1 rings (SSSR count). The fourth-order valence-corrected chi connectivity index (χ4v) is 2.18. The van der Waals surface area contributed by atoms with E-state index in [-0.39, 0.29) is 18.4 Å². The van der Waals surface area contributed by atoms with E-state index >= 15 is 0 Å². The highest BCUT2D eigenvalue weighted by molar-refractivity contribution is 6.48. The lowest BCUT2D eigenvalue weighted by Crippen LogP contribution is -2.19. The van der Waals surface area contributed by atoms with E-state index in [4.69, 9.17) is 9.47 Å². The standard InChI is InChI=1S/C18H24N2O4.C3H8/c1-5-19-15(11-12-16(21)23-3)17(20-6-2)13-7-9-14(10-8-13)18(22)24-4;1-3-2/h7-10H,5-6,11-12H2,1-4H3;3H2,1-2H3. The normalized spacial score (nSPS) is 11.3. The van der Waals surface area contributed by atoms with E-state index in [2.05, 4.69) is 23.8 Å². The van der Waals surface area contributed by atoms with Gasteiger partial charge in [0.05, 0.1) is 37.6 Å². The molecule has 0 aliphatic heterocycles. The van der Waals surface area contributed by atoms with E-state index < -0.39 is 0 Å². The first-order valence-corrected chi connectivity index (χ1v) is 9.32. The zero-order chi connectivity index (χ0) is 20.7. The van der Waals surface area contributed by atoms with Gasteiger partial charge in [-0.15, -0.1) is 0 Å². The molecule has 0 bridgehead atoms. The number of rotatable bonds is 8. The van der Waals surface area contributed by atoms with Crippen molar-refractivity contribution in [2.24, 2.45) is 9.98 Å². The lowest BCUT2D eigenvalue weighted by atomic mass is 10.0. The summed E-state index contributed by atoms with van der Waals surface area (Å²) in [5, 5.41) is 0. The summed E-state index contributed by atoms with van der Waals surface area (Å²) in [5.74, 6) is -0.667. The molecule has 1 aromatic carbocycles. The molecule has 0 aromatic heterocycles. The maximum absolute atomic E-state index is 11.5. The first kappa shape index (κ1) is 24.5. The summed E-state index contributed by atoms with van der Waals surface area (Å²) in [6.45, 7) is 9.31. The van der Waals surface area contributed by atoms with Crippen LogP contribution in [0.5, 0.6) is 0 Å². The summed E-state index contributed by atoms with van der Waals surface area (Å²) < 4.78 is 9.40. The maximum Gasteiger partial charge on any atom is 0.337 e. The van der Waals surface area contributed by atoms with Gasteiger partial charge in [0, 0.05) is 25.1 Å². The number of hydrogen-bond donors (Lipinski definition) is 0. The Morgan fingerprint density at radius 1 is 0.815 bits per heavy atom. The second-order valence-electron chi connectivity index (χ2n) is 5.60. The van der Waals surface area contributed by atoms with Gasteiger partial charge in [0.1, 0.15) is 0 Å². The van der Waals surface area contributed by atoms with Crippen molar-refractivity contribution in [2.45, 2.75) is 47.0 Å². The predicted molar refractivity (Wildman–Crippen MR) is 110 cm³/mol. The predicted octanol–water partition coefficient (Wildman–Crippen LogP) is 4.11. The molecular formula is C21H32N2O4. The third-order valence-electron chi connectivity index (χ3n) is 3.31. The Morgan fingerprint density at radius 3 is 1.78 bits per heavy atom. The number of hydrogen-bond acceptors (Lipinski definition) is 6. The van der Waals surface area contributed by atoms with Crippen molar-refractivity contribution in [2.75, 3.05) is 27.3 Å². The average molecular weight is 376 g/mol. The third kappa shape index (κ3) is 9.13. The minimum Gasteiger partial charge on any atom is -0.469 e. The second kappa shape index (κ2) is 14.6. The van der Waals surface area contributed by atoms with Crippen LogP contribution in [-0.4, -0.2) is 50.7 Å². The van der Waals surface area contributed by atoms with Gasteiger partial charge < -0.3 is 9.47 Å². The lowest BCUT2D eigenvalue weighted by Gasteiger charge is -2.11. The van der Waals surface area contributed by atoms with Crippen LogP contribution in [0.3, 0.4) is 0 Å². The molecule has 150 valence electrons. The van der Waals surface area contributed by atoms with Crippen molar-refractivity contribution >= 4 is 23.4 Å². The summed E-state index contributed by atoms with van der Waals surface area (Å²) >= 11 is 0. The Morgan fingerprint density at radius 2 is 1.33 bits per heavy atom. The molecule has 0 fully saturated rings. The number of carbonyl (C=O) groups is 2. The Bertz CT molecular complexity index is 634. The fourth-order valence-electron chi connectivity index (χ4n) is 2.18.